The summed E-state index contributed by atoms with van der Waals surface area (Å²) in [6.07, 6.45) is -4.63. The Morgan fingerprint density at radius 1 is 1.33 bits per heavy atom. The third kappa shape index (κ3) is 4.13. The maximum Gasteiger partial charge on any atom is 0.416 e. The van der Waals surface area contributed by atoms with Crippen molar-refractivity contribution in [3.05, 3.63) is 33.9 Å². The highest BCUT2D eigenvalue weighted by molar-refractivity contribution is 7.91. The molecule has 132 valence electrons. The SMILES string of the molecule is O=C(NNc1ccc(C(F)(F)F)cc1[N+](=O)[O-])C1CCS(=O)(=O)C1. The lowest BCUT2D eigenvalue weighted by molar-refractivity contribution is -0.384. The van der Waals surface area contributed by atoms with Gasteiger partial charge in [-0.3, -0.25) is 25.8 Å². The molecule has 24 heavy (non-hydrogen) atoms. The molecule has 0 aromatic heterocycles. The lowest BCUT2D eigenvalue weighted by Gasteiger charge is -2.13. The van der Waals surface area contributed by atoms with Crippen LogP contribution in [0.15, 0.2) is 18.2 Å². The third-order valence-corrected chi connectivity index (χ3v) is 5.21. The van der Waals surface area contributed by atoms with Crippen molar-refractivity contribution in [2.24, 2.45) is 5.92 Å². The van der Waals surface area contributed by atoms with Crippen LogP contribution in [0.4, 0.5) is 24.5 Å². The number of halogens is 3. The number of carbonyl (C=O) groups excluding carboxylic acids is 1. The van der Waals surface area contributed by atoms with Crippen LogP contribution in [0.2, 0.25) is 0 Å². The van der Waals surface area contributed by atoms with Crippen molar-refractivity contribution in [2.75, 3.05) is 16.9 Å². The minimum Gasteiger partial charge on any atom is -0.292 e. The summed E-state index contributed by atoms with van der Waals surface area (Å²) < 4.78 is 60.4. The predicted octanol–water partition coefficient (Wildman–Crippen LogP) is 1.49. The summed E-state index contributed by atoms with van der Waals surface area (Å²) in [5.41, 5.74) is 1.85. The Morgan fingerprint density at radius 3 is 2.50 bits per heavy atom. The third-order valence-electron chi connectivity index (χ3n) is 3.45. The van der Waals surface area contributed by atoms with Crippen LogP contribution in [0.3, 0.4) is 0 Å². The van der Waals surface area contributed by atoms with E-state index in [-0.39, 0.29) is 23.6 Å². The van der Waals surface area contributed by atoms with Crippen LogP contribution in [0, 0.1) is 16.0 Å². The number of nitro benzene ring substituents is 1. The number of anilines is 1. The van der Waals surface area contributed by atoms with Gasteiger partial charge in [-0.15, -0.1) is 0 Å². The number of hydrogen-bond donors (Lipinski definition) is 2. The van der Waals surface area contributed by atoms with Crippen molar-refractivity contribution in [1.82, 2.24) is 5.43 Å². The lowest BCUT2D eigenvalue weighted by Crippen LogP contribution is -2.35. The van der Waals surface area contributed by atoms with Gasteiger partial charge in [-0.1, -0.05) is 0 Å². The number of amides is 1. The maximum absolute atomic E-state index is 12.6. The van der Waals surface area contributed by atoms with Gasteiger partial charge in [0.05, 0.1) is 27.9 Å². The normalized spacial score (nSPS) is 19.7. The summed E-state index contributed by atoms with van der Waals surface area (Å²) in [5.74, 6) is -1.98. The van der Waals surface area contributed by atoms with Gasteiger partial charge in [0.25, 0.3) is 5.69 Å². The van der Waals surface area contributed by atoms with E-state index in [1.54, 1.807) is 0 Å². The number of rotatable bonds is 4. The van der Waals surface area contributed by atoms with Gasteiger partial charge < -0.3 is 0 Å². The van der Waals surface area contributed by atoms with E-state index in [1.165, 1.54) is 0 Å². The summed E-state index contributed by atoms with van der Waals surface area (Å²) in [6.45, 7) is 0. The number of benzene rings is 1. The molecule has 2 rings (SSSR count). The number of carbonyl (C=O) groups is 1. The number of hydrazine groups is 1. The topological polar surface area (TPSA) is 118 Å². The first kappa shape index (κ1) is 18.0. The highest BCUT2D eigenvalue weighted by atomic mass is 32.2. The summed E-state index contributed by atoms with van der Waals surface area (Å²) in [5, 5.41) is 10.9. The number of hydrogen-bond acceptors (Lipinski definition) is 6. The molecule has 1 fully saturated rings. The number of sulfone groups is 1. The first-order valence-electron chi connectivity index (χ1n) is 6.61. The van der Waals surface area contributed by atoms with Crippen LogP contribution in [-0.4, -0.2) is 30.8 Å². The fraction of sp³-hybridized carbons (Fsp3) is 0.417. The van der Waals surface area contributed by atoms with Crippen molar-refractivity contribution < 1.29 is 31.3 Å². The van der Waals surface area contributed by atoms with E-state index in [2.05, 4.69) is 10.9 Å². The molecule has 12 heteroatoms. The molecule has 1 saturated heterocycles. The van der Waals surface area contributed by atoms with Crippen molar-refractivity contribution in [3.8, 4) is 0 Å². The van der Waals surface area contributed by atoms with Crippen LogP contribution < -0.4 is 10.9 Å². The van der Waals surface area contributed by atoms with Crippen molar-refractivity contribution >= 4 is 27.1 Å². The summed E-state index contributed by atoms with van der Waals surface area (Å²) in [6, 6.07) is 1.78. The van der Waals surface area contributed by atoms with Gasteiger partial charge in [0.1, 0.15) is 5.69 Å². The van der Waals surface area contributed by atoms with E-state index in [1.807, 2.05) is 0 Å². The van der Waals surface area contributed by atoms with Crippen LogP contribution >= 0.6 is 0 Å². The first-order chi connectivity index (χ1) is 11.0. The van der Waals surface area contributed by atoms with Crippen LogP contribution in [0.5, 0.6) is 0 Å². The maximum atomic E-state index is 12.6. The number of nitro groups is 1. The number of nitrogens with one attached hydrogen (secondary N) is 2. The second kappa shape index (κ2) is 6.26. The van der Waals surface area contributed by atoms with Crippen molar-refractivity contribution in [3.63, 3.8) is 0 Å². The molecule has 1 atom stereocenters. The van der Waals surface area contributed by atoms with Gasteiger partial charge in [0, 0.05) is 6.07 Å². The van der Waals surface area contributed by atoms with E-state index in [9.17, 15) is 36.5 Å². The zero-order valence-corrected chi connectivity index (χ0v) is 12.8. The van der Waals surface area contributed by atoms with Gasteiger partial charge in [-0.2, -0.15) is 13.2 Å². The summed E-state index contributed by atoms with van der Waals surface area (Å²) in [4.78, 5) is 21.7. The quantitative estimate of drug-likeness (QED) is 0.615. The van der Waals surface area contributed by atoms with Crippen molar-refractivity contribution in [1.29, 1.82) is 0 Å². The second-order valence-corrected chi connectivity index (χ2v) is 7.43. The molecule has 0 aliphatic carbocycles. The number of nitrogens with zero attached hydrogens (tertiary/aromatic N) is 1. The molecule has 1 unspecified atom stereocenters. The minimum absolute atomic E-state index is 0.116. The smallest absolute Gasteiger partial charge is 0.292 e. The minimum atomic E-state index is -4.75. The Kier molecular flexibility index (Phi) is 4.69. The Hall–Kier alpha value is -2.37. The molecular formula is C12H12F3N3O5S. The fourth-order valence-corrected chi connectivity index (χ4v) is 3.94. The van der Waals surface area contributed by atoms with Crippen LogP contribution in [0.1, 0.15) is 12.0 Å². The van der Waals surface area contributed by atoms with Gasteiger partial charge in [0.2, 0.25) is 5.91 Å². The first-order valence-corrected chi connectivity index (χ1v) is 8.44. The second-order valence-electron chi connectivity index (χ2n) is 5.20. The molecule has 1 aliphatic rings. The fourth-order valence-electron chi connectivity index (χ4n) is 2.20. The summed E-state index contributed by atoms with van der Waals surface area (Å²) in [7, 11) is -3.29. The average Bonchev–Trinajstić information content (AvgIpc) is 2.83. The van der Waals surface area contributed by atoms with E-state index in [0.717, 1.165) is 6.07 Å². The molecule has 1 aliphatic heterocycles. The van der Waals surface area contributed by atoms with E-state index in [0.29, 0.717) is 12.1 Å². The molecule has 0 spiro atoms. The molecule has 0 bridgehead atoms. The standard InChI is InChI=1S/C12H12F3N3O5S/c13-12(14,15)8-1-2-9(10(5-8)18(20)21)16-17-11(19)7-3-4-24(22,23)6-7/h1-2,5,7,16H,3-4,6H2,(H,17,19). The van der Waals surface area contributed by atoms with Gasteiger partial charge >= 0.3 is 6.18 Å². The lowest BCUT2D eigenvalue weighted by atomic mass is 10.1. The molecular weight excluding hydrogens is 355 g/mol. The highest BCUT2D eigenvalue weighted by Crippen LogP contribution is 2.34. The molecule has 0 saturated carbocycles. The predicted molar refractivity (Wildman–Crippen MR) is 76.6 cm³/mol. The van der Waals surface area contributed by atoms with E-state index < -0.39 is 44.0 Å². The Bertz CT molecular complexity index is 779. The highest BCUT2D eigenvalue weighted by Gasteiger charge is 2.34. The number of alkyl halides is 3. The molecule has 8 nitrogen and oxygen atoms in total. The Morgan fingerprint density at radius 2 is 2.00 bits per heavy atom. The zero-order valence-electron chi connectivity index (χ0n) is 12.0. The van der Waals surface area contributed by atoms with E-state index in [4.69, 9.17) is 0 Å². The van der Waals surface area contributed by atoms with Crippen molar-refractivity contribution in [2.45, 2.75) is 12.6 Å². The van der Waals surface area contributed by atoms with Gasteiger partial charge in [-0.05, 0) is 18.6 Å². The molecule has 1 aromatic rings. The van der Waals surface area contributed by atoms with Gasteiger partial charge in [0.15, 0.2) is 9.84 Å². The summed E-state index contributed by atoms with van der Waals surface area (Å²) >= 11 is 0. The largest absolute Gasteiger partial charge is 0.416 e. The van der Waals surface area contributed by atoms with Gasteiger partial charge in [-0.25, -0.2) is 8.42 Å². The van der Waals surface area contributed by atoms with Crippen LogP contribution in [-0.2, 0) is 20.8 Å². The zero-order chi connectivity index (χ0) is 18.1. The monoisotopic (exact) mass is 367 g/mol. The molecule has 1 aromatic carbocycles. The Balaban J connectivity index is 2.12. The molecule has 1 heterocycles. The Labute approximate surface area is 134 Å². The average molecular weight is 367 g/mol. The molecule has 2 N–H and O–H groups in total. The van der Waals surface area contributed by atoms with E-state index >= 15 is 0 Å². The molecule has 1 amide bonds. The van der Waals surface area contributed by atoms with Crippen LogP contribution in [0.25, 0.3) is 0 Å². The molecule has 0 radical (unpaired) electrons.